The molecule has 5 heteroatoms. The number of methoxy groups -OCH3 is 2. The Labute approximate surface area is 131 Å². The van der Waals surface area contributed by atoms with Crippen LogP contribution in [0.25, 0.3) is 0 Å². The Balaban J connectivity index is 1.69. The number of hydrogen-bond donors (Lipinski definition) is 0. The Morgan fingerprint density at radius 2 is 1.68 bits per heavy atom. The Bertz CT molecular complexity index is 553. The average Bonchev–Trinajstić information content (AvgIpc) is 3.08. The zero-order valence-electron chi connectivity index (χ0n) is 13.4. The highest BCUT2D eigenvalue weighted by Crippen LogP contribution is 2.33. The van der Waals surface area contributed by atoms with Gasteiger partial charge in [-0.25, -0.2) is 0 Å². The number of carbonyl (C=O) groups is 1. The lowest BCUT2D eigenvalue weighted by Crippen LogP contribution is -2.41. The summed E-state index contributed by atoms with van der Waals surface area (Å²) in [5.41, 5.74) is 2.53. The molecule has 1 saturated heterocycles. The molecule has 1 fully saturated rings. The van der Waals surface area contributed by atoms with Crippen molar-refractivity contribution in [3.63, 3.8) is 0 Å². The first kappa shape index (κ1) is 15.2. The van der Waals surface area contributed by atoms with Gasteiger partial charge in [-0.1, -0.05) is 0 Å². The molecule has 0 bridgehead atoms. The molecule has 3 rings (SSSR count). The zero-order valence-corrected chi connectivity index (χ0v) is 13.4. The lowest BCUT2D eigenvalue weighted by atomic mass is 9.99. The Morgan fingerprint density at radius 1 is 1.05 bits per heavy atom. The zero-order chi connectivity index (χ0) is 15.5. The molecule has 1 aromatic carbocycles. The molecule has 1 amide bonds. The van der Waals surface area contributed by atoms with Gasteiger partial charge in [0.2, 0.25) is 5.91 Å². The van der Waals surface area contributed by atoms with Crippen molar-refractivity contribution in [1.82, 2.24) is 9.80 Å². The topological polar surface area (TPSA) is 42.0 Å². The number of nitrogens with zero attached hydrogens (tertiary/aromatic N) is 2. The monoisotopic (exact) mass is 304 g/mol. The molecular weight excluding hydrogens is 280 g/mol. The number of fused-ring (bicyclic) bond motifs is 1. The van der Waals surface area contributed by atoms with Crippen molar-refractivity contribution in [2.24, 2.45) is 0 Å². The molecule has 0 spiro atoms. The molecule has 2 aliphatic heterocycles. The van der Waals surface area contributed by atoms with E-state index in [1.54, 1.807) is 14.2 Å². The van der Waals surface area contributed by atoms with Crippen molar-refractivity contribution in [3.05, 3.63) is 23.3 Å². The molecule has 0 atom stereocenters. The van der Waals surface area contributed by atoms with E-state index in [2.05, 4.69) is 11.0 Å². The number of benzene rings is 1. The maximum absolute atomic E-state index is 12.3. The fraction of sp³-hybridized carbons (Fsp3) is 0.588. The molecule has 2 heterocycles. The van der Waals surface area contributed by atoms with Gasteiger partial charge in [0.05, 0.1) is 20.8 Å². The first-order valence-electron chi connectivity index (χ1n) is 7.95. The predicted octanol–water partition coefficient (Wildman–Crippen LogP) is 1.68. The van der Waals surface area contributed by atoms with Crippen LogP contribution in [-0.2, 0) is 17.8 Å². The van der Waals surface area contributed by atoms with Crippen LogP contribution in [0.4, 0.5) is 0 Å². The summed E-state index contributed by atoms with van der Waals surface area (Å²) in [5.74, 6) is 1.80. The lowest BCUT2D eigenvalue weighted by molar-refractivity contribution is -0.131. The molecule has 22 heavy (non-hydrogen) atoms. The number of carbonyl (C=O) groups excluding carboxylic acids is 1. The Hall–Kier alpha value is -1.75. The summed E-state index contributed by atoms with van der Waals surface area (Å²) in [5, 5.41) is 0. The van der Waals surface area contributed by atoms with Crippen molar-refractivity contribution in [3.8, 4) is 11.5 Å². The van der Waals surface area contributed by atoms with E-state index >= 15 is 0 Å². The second kappa shape index (κ2) is 6.57. The van der Waals surface area contributed by atoms with E-state index in [-0.39, 0.29) is 5.91 Å². The minimum atomic E-state index is 0.265. The Kier molecular flexibility index (Phi) is 4.52. The van der Waals surface area contributed by atoms with Crippen LogP contribution < -0.4 is 9.47 Å². The second-order valence-electron chi connectivity index (χ2n) is 6.02. The minimum absolute atomic E-state index is 0.265. The Morgan fingerprint density at radius 3 is 2.32 bits per heavy atom. The molecule has 1 aromatic rings. The van der Waals surface area contributed by atoms with E-state index in [0.29, 0.717) is 6.54 Å². The van der Waals surface area contributed by atoms with E-state index in [1.165, 1.54) is 11.1 Å². The summed E-state index contributed by atoms with van der Waals surface area (Å²) in [6, 6.07) is 4.11. The van der Waals surface area contributed by atoms with E-state index in [0.717, 1.165) is 56.9 Å². The van der Waals surface area contributed by atoms with Crippen LogP contribution >= 0.6 is 0 Å². The summed E-state index contributed by atoms with van der Waals surface area (Å²) in [6.45, 7) is 4.09. The van der Waals surface area contributed by atoms with Gasteiger partial charge < -0.3 is 14.4 Å². The standard InChI is InChI=1S/C17H24N2O3/c1-21-15-9-13-5-8-18(11-14(13)10-16(15)22-2)12-17(20)19-6-3-4-7-19/h9-10H,3-8,11-12H2,1-2H3. The first-order valence-corrected chi connectivity index (χ1v) is 7.95. The summed E-state index contributed by atoms with van der Waals surface area (Å²) in [6.07, 6.45) is 3.24. The highest BCUT2D eigenvalue weighted by Gasteiger charge is 2.24. The molecule has 0 aliphatic carbocycles. The summed E-state index contributed by atoms with van der Waals surface area (Å²) in [7, 11) is 3.32. The normalized spacial score (nSPS) is 18.2. The number of rotatable bonds is 4. The van der Waals surface area contributed by atoms with Gasteiger partial charge in [-0.3, -0.25) is 9.69 Å². The first-order chi connectivity index (χ1) is 10.7. The van der Waals surface area contributed by atoms with E-state index in [1.807, 2.05) is 11.0 Å². The number of ether oxygens (including phenoxy) is 2. The third-order valence-corrected chi connectivity index (χ3v) is 4.61. The molecule has 0 N–H and O–H groups in total. The molecule has 2 aliphatic rings. The van der Waals surface area contributed by atoms with Crippen molar-refractivity contribution < 1.29 is 14.3 Å². The van der Waals surface area contributed by atoms with Gasteiger partial charge in [0.1, 0.15) is 0 Å². The van der Waals surface area contributed by atoms with Gasteiger partial charge in [-0.15, -0.1) is 0 Å². The van der Waals surface area contributed by atoms with Crippen LogP contribution in [0.2, 0.25) is 0 Å². The van der Waals surface area contributed by atoms with Crippen LogP contribution in [0.5, 0.6) is 11.5 Å². The van der Waals surface area contributed by atoms with Crippen molar-refractivity contribution in [2.45, 2.75) is 25.8 Å². The molecule has 0 radical (unpaired) electrons. The fourth-order valence-electron chi connectivity index (χ4n) is 3.33. The molecule has 5 nitrogen and oxygen atoms in total. The van der Waals surface area contributed by atoms with E-state index in [9.17, 15) is 4.79 Å². The fourth-order valence-corrected chi connectivity index (χ4v) is 3.33. The maximum atomic E-state index is 12.3. The highest BCUT2D eigenvalue weighted by molar-refractivity contribution is 5.78. The molecular formula is C17H24N2O3. The van der Waals surface area contributed by atoms with Gasteiger partial charge >= 0.3 is 0 Å². The van der Waals surface area contributed by atoms with Crippen LogP contribution in [0.1, 0.15) is 24.0 Å². The number of amides is 1. The minimum Gasteiger partial charge on any atom is -0.493 e. The van der Waals surface area contributed by atoms with Gasteiger partial charge in [0.15, 0.2) is 11.5 Å². The van der Waals surface area contributed by atoms with Crippen LogP contribution in [0, 0.1) is 0 Å². The summed E-state index contributed by atoms with van der Waals surface area (Å²) in [4.78, 5) is 16.5. The predicted molar refractivity (Wildman–Crippen MR) is 84.3 cm³/mol. The second-order valence-corrected chi connectivity index (χ2v) is 6.02. The summed E-state index contributed by atoms with van der Waals surface area (Å²) >= 11 is 0. The van der Waals surface area contributed by atoms with Crippen LogP contribution in [0.15, 0.2) is 12.1 Å². The van der Waals surface area contributed by atoms with Crippen molar-refractivity contribution in [1.29, 1.82) is 0 Å². The van der Waals surface area contributed by atoms with Gasteiger partial charge in [-0.05, 0) is 42.5 Å². The van der Waals surface area contributed by atoms with Gasteiger partial charge in [0.25, 0.3) is 0 Å². The maximum Gasteiger partial charge on any atom is 0.236 e. The third-order valence-electron chi connectivity index (χ3n) is 4.61. The molecule has 120 valence electrons. The van der Waals surface area contributed by atoms with Crippen LogP contribution in [0.3, 0.4) is 0 Å². The van der Waals surface area contributed by atoms with Crippen molar-refractivity contribution in [2.75, 3.05) is 40.4 Å². The lowest BCUT2D eigenvalue weighted by Gasteiger charge is -2.30. The molecule has 0 aromatic heterocycles. The third kappa shape index (κ3) is 3.04. The molecule has 0 saturated carbocycles. The van der Waals surface area contributed by atoms with Crippen molar-refractivity contribution >= 4 is 5.91 Å². The van der Waals surface area contributed by atoms with Crippen LogP contribution in [-0.4, -0.2) is 56.1 Å². The number of likely N-dealkylation sites (tertiary alicyclic amines) is 1. The highest BCUT2D eigenvalue weighted by atomic mass is 16.5. The SMILES string of the molecule is COc1cc2c(cc1OC)CN(CC(=O)N1CCCC1)CC2. The smallest absolute Gasteiger partial charge is 0.236 e. The summed E-state index contributed by atoms with van der Waals surface area (Å²) < 4.78 is 10.7. The quantitative estimate of drug-likeness (QED) is 0.849. The average molecular weight is 304 g/mol. The van der Waals surface area contributed by atoms with E-state index < -0.39 is 0 Å². The largest absolute Gasteiger partial charge is 0.493 e. The number of hydrogen-bond acceptors (Lipinski definition) is 4. The van der Waals surface area contributed by atoms with Gasteiger partial charge in [-0.2, -0.15) is 0 Å². The van der Waals surface area contributed by atoms with Gasteiger partial charge in [0, 0.05) is 26.2 Å². The van der Waals surface area contributed by atoms with E-state index in [4.69, 9.17) is 9.47 Å². The molecule has 0 unspecified atom stereocenters.